The number of nitriles is 1. The minimum absolute atomic E-state index is 0.0113. The maximum absolute atomic E-state index is 13.5. The van der Waals surface area contributed by atoms with Gasteiger partial charge in [0.15, 0.2) is 0 Å². The molecule has 0 aromatic rings. The van der Waals surface area contributed by atoms with Crippen LogP contribution >= 0.6 is 0 Å². The van der Waals surface area contributed by atoms with Crippen molar-refractivity contribution in [2.24, 2.45) is 39.6 Å². The molecule has 3 rings (SSSR count). The molecule has 5 unspecified atom stereocenters. The SMILES string of the molecule is CC[C@]1(C)CCC(CC#N)C=NC(C(C(=O)NC2CNCCC2OCC2CC2)C(N)N)C1. The minimum atomic E-state index is -0.811. The Morgan fingerprint density at radius 1 is 1.38 bits per heavy atom. The van der Waals surface area contributed by atoms with Gasteiger partial charge in [0.05, 0.1) is 36.3 Å². The van der Waals surface area contributed by atoms with Gasteiger partial charge in [0.25, 0.3) is 0 Å². The highest BCUT2D eigenvalue weighted by atomic mass is 16.5. The van der Waals surface area contributed by atoms with E-state index in [1.165, 1.54) is 12.8 Å². The lowest BCUT2D eigenvalue weighted by atomic mass is 9.72. The summed E-state index contributed by atoms with van der Waals surface area (Å²) in [5.74, 6) is 0.0219. The number of piperidine rings is 1. The molecule has 0 spiro atoms. The molecule has 2 fully saturated rings. The molecule has 0 radical (unpaired) electrons. The lowest BCUT2D eigenvalue weighted by Gasteiger charge is -2.39. The Kier molecular flexibility index (Phi) is 9.06. The highest BCUT2D eigenvalue weighted by Gasteiger charge is 2.40. The van der Waals surface area contributed by atoms with Crippen molar-refractivity contribution in [3.63, 3.8) is 0 Å². The quantitative estimate of drug-likeness (QED) is 0.398. The van der Waals surface area contributed by atoms with Crippen molar-refractivity contribution in [3.05, 3.63) is 0 Å². The highest BCUT2D eigenvalue weighted by Crippen LogP contribution is 2.38. The first-order chi connectivity index (χ1) is 15.3. The van der Waals surface area contributed by atoms with Crippen molar-refractivity contribution in [1.29, 1.82) is 5.26 Å². The van der Waals surface area contributed by atoms with Crippen molar-refractivity contribution >= 4 is 12.1 Å². The zero-order valence-electron chi connectivity index (χ0n) is 19.8. The van der Waals surface area contributed by atoms with Crippen LogP contribution in [-0.4, -0.2) is 56.2 Å². The summed E-state index contributed by atoms with van der Waals surface area (Å²) in [7, 11) is 0. The lowest BCUT2D eigenvalue weighted by molar-refractivity contribution is -0.129. The first-order valence-corrected chi connectivity index (χ1v) is 12.4. The third kappa shape index (κ3) is 6.98. The van der Waals surface area contributed by atoms with E-state index in [9.17, 15) is 10.1 Å². The molecule has 2 heterocycles. The number of hydrogen-bond donors (Lipinski definition) is 4. The van der Waals surface area contributed by atoms with E-state index in [0.717, 1.165) is 45.3 Å². The lowest BCUT2D eigenvalue weighted by Crippen LogP contribution is -2.60. The molecule has 3 aliphatic rings. The molecule has 0 aromatic heterocycles. The van der Waals surface area contributed by atoms with E-state index in [1.807, 2.05) is 6.21 Å². The van der Waals surface area contributed by atoms with E-state index in [-0.39, 0.29) is 35.4 Å². The Balaban J connectivity index is 1.73. The Bertz CT molecular complexity index is 688. The third-order valence-corrected chi connectivity index (χ3v) is 7.64. The average Bonchev–Trinajstić information content (AvgIpc) is 3.58. The molecule has 6 atom stereocenters. The second-order valence-corrected chi connectivity index (χ2v) is 10.4. The fraction of sp³-hybridized carbons (Fsp3) is 0.875. The number of aliphatic imine (C=N–C) groups is 1. The van der Waals surface area contributed by atoms with Crippen molar-refractivity contribution in [3.8, 4) is 6.07 Å². The second kappa shape index (κ2) is 11.6. The van der Waals surface area contributed by atoms with E-state index in [2.05, 4.69) is 30.6 Å². The number of carbonyl (C=O) groups is 1. The van der Waals surface area contributed by atoms with Gasteiger partial charge in [-0.25, -0.2) is 0 Å². The Morgan fingerprint density at radius 3 is 2.81 bits per heavy atom. The normalized spacial score (nSPS) is 34.4. The van der Waals surface area contributed by atoms with Gasteiger partial charge in [0, 0.05) is 31.7 Å². The smallest absolute Gasteiger partial charge is 0.228 e. The van der Waals surface area contributed by atoms with Gasteiger partial charge < -0.3 is 26.8 Å². The molecule has 0 aromatic carbocycles. The van der Waals surface area contributed by atoms with Crippen LogP contribution in [0.1, 0.15) is 65.2 Å². The van der Waals surface area contributed by atoms with Crippen LogP contribution < -0.4 is 22.1 Å². The maximum Gasteiger partial charge on any atom is 0.228 e. The molecule has 8 heteroatoms. The Morgan fingerprint density at radius 2 is 2.16 bits per heavy atom. The largest absolute Gasteiger partial charge is 0.376 e. The molecule has 1 aliphatic carbocycles. The van der Waals surface area contributed by atoms with Crippen molar-refractivity contribution in [2.45, 2.75) is 89.6 Å². The highest BCUT2D eigenvalue weighted by molar-refractivity contribution is 5.81. The average molecular weight is 447 g/mol. The van der Waals surface area contributed by atoms with Crippen LogP contribution in [0.3, 0.4) is 0 Å². The van der Waals surface area contributed by atoms with Gasteiger partial charge in [0.1, 0.15) is 0 Å². The first kappa shape index (κ1) is 25.1. The summed E-state index contributed by atoms with van der Waals surface area (Å²) in [6.07, 6.45) is 8.55. The number of amides is 1. The molecule has 1 saturated carbocycles. The summed E-state index contributed by atoms with van der Waals surface area (Å²) in [6, 6.07) is 1.86. The second-order valence-electron chi connectivity index (χ2n) is 10.4. The fourth-order valence-electron chi connectivity index (χ4n) is 4.92. The zero-order chi connectivity index (χ0) is 23.1. The van der Waals surface area contributed by atoms with E-state index in [4.69, 9.17) is 21.2 Å². The predicted molar refractivity (Wildman–Crippen MR) is 126 cm³/mol. The molecular formula is C24H42N6O2. The van der Waals surface area contributed by atoms with Gasteiger partial charge in [-0.1, -0.05) is 20.3 Å². The van der Waals surface area contributed by atoms with Gasteiger partial charge >= 0.3 is 0 Å². The first-order valence-electron chi connectivity index (χ1n) is 12.4. The number of nitrogens with one attached hydrogen (secondary N) is 2. The monoisotopic (exact) mass is 446 g/mol. The van der Waals surface area contributed by atoms with E-state index < -0.39 is 12.1 Å². The van der Waals surface area contributed by atoms with Gasteiger partial charge in [-0.05, 0) is 56.4 Å². The molecule has 32 heavy (non-hydrogen) atoms. The van der Waals surface area contributed by atoms with Crippen molar-refractivity contribution < 1.29 is 9.53 Å². The van der Waals surface area contributed by atoms with E-state index >= 15 is 0 Å². The van der Waals surface area contributed by atoms with Crippen LogP contribution in [0.5, 0.6) is 0 Å². The molecule has 180 valence electrons. The molecule has 6 N–H and O–H groups in total. The van der Waals surface area contributed by atoms with Crippen molar-refractivity contribution in [2.75, 3.05) is 19.7 Å². The molecule has 0 bridgehead atoms. The molecule has 8 nitrogen and oxygen atoms in total. The maximum atomic E-state index is 13.5. The Labute approximate surface area is 192 Å². The van der Waals surface area contributed by atoms with Crippen LogP contribution in [0.2, 0.25) is 0 Å². The number of carbonyl (C=O) groups excluding carboxylic acids is 1. The van der Waals surface area contributed by atoms with Gasteiger partial charge in [-0.3, -0.25) is 9.79 Å². The van der Waals surface area contributed by atoms with Crippen LogP contribution in [0.4, 0.5) is 0 Å². The number of nitrogens with zero attached hydrogens (tertiary/aromatic N) is 2. The molecule has 1 amide bonds. The van der Waals surface area contributed by atoms with Crippen LogP contribution in [0.15, 0.2) is 4.99 Å². The van der Waals surface area contributed by atoms with Crippen LogP contribution in [0, 0.1) is 34.5 Å². The Hall–Kier alpha value is -1.53. The van der Waals surface area contributed by atoms with Gasteiger partial charge in [-0.2, -0.15) is 5.26 Å². The summed E-state index contributed by atoms with van der Waals surface area (Å²) in [6.45, 7) is 6.77. The number of nitrogens with two attached hydrogens (primary N) is 2. The summed E-state index contributed by atoms with van der Waals surface area (Å²) in [5, 5.41) is 15.7. The molecule has 2 aliphatic heterocycles. The standard InChI is InChI=1S/C24H42N6O2/c1-3-24(2)9-6-16(7-10-25)13-29-18(12-24)21(22(26)27)23(31)30-19-14-28-11-8-20(19)32-15-17-4-5-17/h13,16-22,28H,3-9,11-12,14-15,26-27H2,1-2H3,(H,30,31)/t16?,18?,19?,20?,21?,24-/m1/s1. The zero-order valence-corrected chi connectivity index (χ0v) is 19.8. The number of ether oxygens (including phenoxy) is 1. The third-order valence-electron chi connectivity index (χ3n) is 7.64. The number of rotatable bonds is 9. The van der Waals surface area contributed by atoms with Crippen LogP contribution in [0.25, 0.3) is 0 Å². The molecular weight excluding hydrogens is 404 g/mol. The fourth-order valence-corrected chi connectivity index (χ4v) is 4.92. The predicted octanol–water partition coefficient (Wildman–Crippen LogP) is 1.69. The summed E-state index contributed by atoms with van der Waals surface area (Å²) in [5.41, 5.74) is 12.4. The van der Waals surface area contributed by atoms with Crippen LogP contribution in [-0.2, 0) is 9.53 Å². The van der Waals surface area contributed by atoms with E-state index in [1.54, 1.807) is 0 Å². The summed E-state index contributed by atoms with van der Waals surface area (Å²) < 4.78 is 6.16. The minimum Gasteiger partial charge on any atom is -0.376 e. The van der Waals surface area contributed by atoms with E-state index in [0.29, 0.717) is 18.9 Å². The summed E-state index contributed by atoms with van der Waals surface area (Å²) >= 11 is 0. The topological polar surface area (TPSA) is 139 Å². The van der Waals surface area contributed by atoms with Gasteiger partial charge in [-0.15, -0.1) is 0 Å². The molecule has 1 saturated heterocycles. The number of hydrogen-bond acceptors (Lipinski definition) is 7. The van der Waals surface area contributed by atoms with Gasteiger partial charge in [0.2, 0.25) is 5.91 Å². The summed E-state index contributed by atoms with van der Waals surface area (Å²) in [4.78, 5) is 18.3. The van der Waals surface area contributed by atoms with Crippen molar-refractivity contribution in [1.82, 2.24) is 10.6 Å².